The topological polar surface area (TPSA) is 117 Å². The van der Waals surface area contributed by atoms with Crippen LogP contribution in [-0.2, 0) is 16.1 Å². The third-order valence-electron chi connectivity index (χ3n) is 6.75. The van der Waals surface area contributed by atoms with Gasteiger partial charge in [-0.15, -0.1) is 0 Å². The number of hydrogen-bond donors (Lipinski definition) is 1. The molecule has 0 saturated heterocycles. The molecule has 38 heavy (non-hydrogen) atoms. The van der Waals surface area contributed by atoms with E-state index in [1.165, 1.54) is 0 Å². The molecular formula is C28H29N5O5. The Bertz CT molecular complexity index is 1430. The lowest BCUT2D eigenvalue weighted by Crippen LogP contribution is -2.39. The minimum absolute atomic E-state index is 0.0366. The number of esters is 1. The summed E-state index contributed by atoms with van der Waals surface area (Å²) in [5.74, 6) is 0.564. The molecule has 1 N–H and O–H groups in total. The van der Waals surface area contributed by atoms with Crippen molar-refractivity contribution in [1.82, 2.24) is 24.9 Å². The molecule has 0 aliphatic heterocycles. The van der Waals surface area contributed by atoms with Gasteiger partial charge >= 0.3 is 5.97 Å². The fourth-order valence-corrected chi connectivity index (χ4v) is 4.70. The quantitative estimate of drug-likeness (QED) is 0.352. The average molecular weight is 516 g/mol. The second-order valence-electron chi connectivity index (χ2n) is 9.15. The molecule has 4 aromatic rings. The fraction of sp³-hybridized carbons (Fsp3) is 0.321. The van der Waals surface area contributed by atoms with E-state index in [4.69, 9.17) is 14.2 Å². The first kappa shape index (κ1) is 25.2. The van der Waals surface area contributed by atoms with Crippen molar-refractivity contribution in [2.45, 2.75) is 38.3 Å². The lowest BCUT2D eigenvalue weighted by atomic mass is 9.86. The molecule has 10 nitrogen and oxygen atoms in total. The molecule has 1 aliphatic rings. The second-order valence-corrected chi connectivity index (χ2v) is 9.15. The van der Waals surface area contributed by atoms with Crippen LogP contribution in [0.15, 0.2) is 60.9 Å². The zero-order valence-electron chi connectivity index (χ0n) is 21.3. The molecule has 0 atom stereocenters. The SMILES string of the molecule is COc1ccc(-c2ccnc3cc(C(=O)NC4CCC(C(=O)OCc5ccccn5)CC4)nn23)cc1OC. The van der Waals surface area contributed by atoms with Crippen molar-refractivity contribution in [3.63, 3.8) is 0 Å². The summed E-state index contributed by atoms with van der Waals surface area (Å²) in [4.78, 5) is 34.1. The Morgan fingerprint density at radius 2 is 1.76 bits per heavy atom. The number of rotatable bonds is 8. The van der Waals surface area contributed by atoms with Gasteiger partial charge in [0.1, 0.15) is 6.61 Å². The highest BCUT2D eigenvalue weighted by Gasteiger charge is 2.29. The van der Waals surface area contributed by atoms with E-state index in [0.717, 1.165) is 17.0 Å². The van der Waals surface area contributed by atoms with Crippen LogP contribution < -0.4 is 14.8 Å². The standard InChI is InChI=1S/C28H29N5O5/c1-36-24-11-8-19(15-25(24)37-2)23-12-14-30-26-16-22(32-33(23)26)27(34)31-20-9-6-18(7-10-20)28(35)38-17-21-5-3-4-13-29-21/h3-5,8,11-16,18,20H,6-7,9-10,17H2,1-2H3,(H,31,34). The Morgan fingerprint density at radius 3 is 2.50 bits per heavy atom. The van der Waals surface area contributed by atoms with Crippen LogP contribution in [0, 0.1) is 5.92 Å². The maximum atomic E-state index is 13.0. The molecule has 1 fully saturated rings. The molecule has 10 heteroatoms. The summed E-state index contributed by atoms with van der Waals surface area (Å²) in [6.45, 7) is 0.170. The van der Waals surface area contributed by atoms with Crippen molar-refractivity contribution in [3.8, 4) is 22.8 Å². The highest BCUT2D eigenvalue weighted by atomic mass is 16.5. The summed E-state index contributed by atoms with van der Waals surface area (Å²) in [6, 6.07) is 14.5. The fourth-order valence-electron chi connectivity index (χ4n) is 4.70. The smallest absolute Gasteiger partial charge is 0.309 e. The number of carbonyl (C=O) groups excluding carboxylic acids is 2. The Hall–Kier alpha value is -4.47. The summed E-state index contributed by atoms with van der Waals surface area (Å²) in [7, 11) is 3.17. The molecule has 5 rings (SSSR count). The summed E-state index contributed by atoms with van der Waals surface area (Å²) in [6.07, 6.45) is 6.05. The molecule has 1 saturated carbocycles. The van der Waals surface area contributed by atoms with E-state index in [2.05, 4.69) is 20.4 Å². The molecule has 0 spiro atoms. The molecule has 0 radical (unpaired) electrons. The van der Waals surface area contributed by atoms with Crippen molar-refractivity contribution in [1.29, 1.82) is 0 Å². The number of methoxy groups -OCH3 is 2. The van der Waals surface area contributed by atoms with Gasteiger partial charge in [-0.25, -0.2) is 9.50 Å². The third-order valence-corrected chi connectivity index (χ3v) is 6.75. The monoisotopic (exact) mass is 515 g/mol. The van der Waals surface area contributed by atoms with E-state index in [1.54, 1.807) is 37.2 Å². The molecule has 0 unspecified atom stereocenters. The molecule has 3 heterocycles. The van der Waals surface area contributed by atoms with E-state index in [0.29, 0.717) is 42.8 Å². The van der Waals surface area contributed by atoms with Gasteiger partial charge in [0.2, 0.25) is 0 Å². The molecule has 0 bridgehead atoms. The largest absolute Gasteiger partial charge is 0.493 e. The molecule has 1 amide bonds. The van der Waals surface area contributed by atoms with Crippen molar-refractivity contribution >= 4 is 17.5 Å². The average Bonchev–Trinajstić information content (AvgIpc) is 3.41. The highest BCUT2D eigenvalue weighted by Crippen LogP contribution is 2.32. The van der Waals surface area contributed by atoms with E-state index >= 15 is 0 Å². The van der Waals surface area contributed by atoms with Gasteiger partial charge < -0.3 is 19.5 Å². The summed E-state index contributed by atoms with van der Waals surface area (Å²) in [5, 5.41) is 7.60. The van der Waals surface area contributed by atoms with Crippen LogP contribution in [0.5, 0.6) is 11.5 Å². The minimum Gasteiger partial charge on any atom is -0.493 e. The summed E-state index contributed by atoms with van der Waals surface area (Å²) in [5.41, 5.74) is 3.17. The Balaban J connectivity index is 1.21. The number of amides is 1. The number of nitrogens with one attached hydrogen (secondary N) is 1. The number of ether oxygens (including phenoxy) is 3. The van der Waals surface area contributed by atoms with Gasteiger partial charge in [0, 0.05) is 30.1 Å². The van der Waals surface area contributed by atoms with Crippen LogP contribution >= 0.6 is 0 Å². The molecule has 1 aliphatic carbocycles. The number of pyridine rings is 1. The lowest BCUT2D eigenvalue weighted by Gasteiger charge is -2.27. The van der Waals surface area contributed by atoms with Crippen LogP contribution in [0.2, 0.25) is 0 Å². The Kier molecular flexibility index (Phi) is 7.48. The molecule has 196 valence electrons. The Labute approximate surface area is 220 Å². The lowest BCUT2D eigenvalue weighted by molar-refractivity contribution is -0.151. The maximum Gasteiger partial charge on any atom is 0.309 e. The van der Waals surface area contributed by atoms with Gasteiger partial charge in [-0.2, -0.15) is 5.10 Å². The van der Waals surface area contributed by atoms with Crippen LogP contribution in [0.4, 0.5) is 0 Å². The number of fused-ring (bicyclic) bond motifs is 1. The maximum absolute atomic E-state index is 13.0. The summed E-state index contributed by atoms with van der Waals surface area (Å²) >= 11 is 0. The normalized spacial score (nSPS) is 17.1. The third kappa shape index (κ3) is 5.44. The van der Waals surface area contributed by atoms with Crippen LogP contribution in [0.3, 0.4) is 0 Å². The van der Waals surface area contributed by atoms with E-state index in [-0.39, 0.29) is 36.1 Å². The van der Waals surface area contributed by atoms with Crippen LogP contribution in [-0.4, -0.2) is 51.7 Å². The predicted octanol–water partition coefficient (Wildman–Crippen LogP) is 3.84. The number of carbonyl (C=O) groups is 2. The predicted molar refractivity (Wildman–Crippen MR) is 139 cm³/mol. The van der Waals surface area contributed by atoms with E-state index in [1.807, 2.05) is 42.5 Å². The summed E-state index contributed by atoms with van der Waals surface area (Å²) < 4.78 is 17.8. The van der Waals surface area contributed by atoms with Crippen molar-refractivity contribution in [3.05, 3.63) is 72.3 Å². The van der Waals surface area contributed by atoms with E-state index < -0.39 is 0 Å². The van der Waals surface area contributed by atoms with Crippen LogP contribution in [0.25, 0.3) is 16.9 Å². The first-order valence-electron chi connectivity index (χ1n) is 12.5. The van der Waals surface area contributed by atoms with Crippen LogP contribution in [0.1, 0.15) is 41.9 Å². The van der Waals surface area contributed by atoms with Gasteiger partial charge in [0.05, 0.1) is 31.5 Å². The van der Waals surface area contributed by atoms with Crippen molar-refractivity contribution < 1.29 is 23.8 Å². The Morgan fingerprint density at radius 1 is 0.947 bits per heavy atom. The number of benzene rings is 1. The zero-order valence-corrected chi connectivity index (χ0v) is 21.3. The van der Waals surface area contributed by atoms with Gasteiger partial charge in [-0.1, -0.05) is 6.07 Å². The zero-order chi connectivity index (χ0) is 26.5. The first-order chi connectivity index (χ1) is 18.6. The van der Waals surface area contributed by atoms with E-state index in [9.17, 15) is 9.59 Å². The number of hydrogen-bond acceptors (Lipinski definition) is 8. The van der Waals surface area contributed by atoms with Gasteiger partial charge in [0.15, 0.2) is 22.8 Å². The number of nitrogens with zero attached hydrogens (tertiary/aromatic N) is 4. The van der Waals surface area contributed by atoms with Gasteiger partial charge in [-0.3, -0.25) is 14.6 Å². The number of aromatic nitrogens is 4. The van der Waals surface area contributed by atoms with Crippen molar-refractivity contribution in [2.75, 3.05) is 14.2 Å². The second kappa shape index (κ2) is 11.3. The highest BCUT2D eigenvalue weighted by molar-refractivity contribution is 5.93. The first-order valence-corrected chi connectivity index (χ1v) is 12.5. The van der Waals surface area contributed by atoms with Gasteiger partial charge in [-0.05, 0) is 62.1 Å². The van der Waals surface area contributed by atoms with Gasteiger partial charge in [0.25, 0.3) is 5.91 Å². The molecule has 3 aromatic heterocycles. The van der Waals surface area contributed by atoms with Crippen molar-refractivity contribution in [2.24, 2.45) is 5.92 Å². The minimum atomic E-state index is -0.269. The molecule has 1 aromatic carbocycles. The molecular weight excluding hydrogens is 486 g/mol.